The van der Waals surface area contributed by atoms with Crippen LogP contribution in [-0.2, 0) is 18.3 Å². The summed E-state index contributed by atoms with van der Waals surface area (Å²) in [6, 6.07) is 5.10. The van der Waals surface area contributed by atoms with Gasteiger partial charge >= 0.3 is 11.7 Å². The lowest BCUT2D eigenvalue weighted by atomic mass is 10.1. The van der Waals surface area contributed by atoms with E-state index in [2.05, 4.69) is 25.8 Å². The molecular formula is C12H12BrN3O3. The number of methoxy groups -OCH3 is 1. The van der Waals surface area contributed by atoms with E-state index >= 15 is 0 Å². The highest BCUT2D eigenvalue weighted by Crippen LogP contribution is 2.19. The predicted octanol–water partition coefficient (Wildman–Crippen LogP) is 1.18. The van der Waals surface area contributed by atoms with Crippen molar-refractivity contribution in [2.24, 2.45) is 7.05 Å². The third-order valence-corrected chi connectivity index (χ3v) is 3.47. The van der Waals surface area contributed by atoms with Crippen LogP contribution in [0.4, 0.5) is 0 Å². The van der Waals surface area contributed by atoms with Gasteiger partial charge in [0.25, 0.3) is 0 Å². The molecule has 0 N–H and O–H groups in total. The van der Waals surface area contributed by atoms with Gasteiger partial charge < -0.3 is 4.74 Å². The maximum atomic E-state index is 11.7. The summed E-state index contributed by atoms with van der Waals surface area (Å²) in [5.41, 5.74) is 1.03. The van der Waals surface area contributed by atoms with Crippen molar-refractivity contribution in [3.63, 3.8) is 0 Å². The van der Waals surface area contributed by atoms with Gasteiger partial charge in [-0.15, -0.1) is 0 Å². The molecule has 0 radical (unpaired) electrons. The Morgan fingerprint density at radius 3 is 2.79 bits per heavy atom. The minimum absolute atomic E-state index is 0.213. The second-order valence-electron chi connectivity index (χ2n) is 3.96. The third kappa shape index (κ3) is 2.76. The zero-order chi connectivity index (χ0) is 14.0. The number of ether oxygens (including phenoxy) is 1. The SMILES string of the molecule is COC(=O)c1ccc(Br)c(Cn2cnn(C)c2=O)c1. The summed E-state index contributed by atoms with van der Waals surface area (Å²) in [6.45, 7) is 0.331. The van der Waals surface area contributed by atoms with Crippen molar-refractivity contribution in [3.8, 4) is 0 Å². The molecule has 0 aliphatic rings. The summed E-state index contributed by atoms with van der Waals surface area (Å²) in [6.07, 6.45) is 1.46. The van der Waals surface area contributed by atoms with Crippen molar-refractivity contribution in [1.82, 2.24) is 14.3 Å². The van der Waals surface area contributed by atoms with Crippen LogP contribution in [0.2, 0.25) is 0 Å². The Kier molecular flexibility index (Phi) is 3.84. The number of hydrogen-bond donors (Lipinski definition) is 0. The molecule has 100 valence electrons. The zero-order valence-corrected chi connectivity index (χ0v) is 12.0. The van der Waals surface area contributed by atoms with E-state index in [1.807, 2.05) is 0 Å². The molecule has 0 bridgehead atoms. The standard InChI is InChI=1S/C12H12BrN3O3/c1-15-12(18)16(7-14-15)6-9-5-8(11(17)19-2)3-4-10(9)13/h3-5,7H,6H2,1-2H3. The molecule has 0 unspecified atom stereocenters. The number of nitrogens with zero attached hydrogens (tertiary/aromatic N) is 3. The highest BCUT2D eigenvalue weighted by Gasteiger charge is 2.10. The van der Waals surface area contributed by atoms with Crippen LogP contribution in [0, 0.1) is 0 Å². The lowest BCUT2D eigenvalue weighted by molar-refractivity contribution is 0.0600. The van der Waals surface area contributed by atoms with Gasteiger partial charge in [0.15, 0.2) is 0 Å². The number of aryl methyl sites for hydroxylation is 1. The molecule has 0 saturated heterocycles. The van der Waals surface area contributed by atoms with Crippen molar-refractivity contribution in [2.75, 3.05) is 7.11 Å². The number of benzene rings is 1. The van der Waals surface area contributed by atoms with Gasteiger partial charge in [-0.25, -0.2) is 14.3 Å². The van der Waals surface area contributed by atoms with Gasteiger partial charge in [0, 0.05) is 11.5 Å². The maximum Gasteiger partial charge on any atom is 0.345 e. The van der Waals surface area contributed by atoms with Crippen molar-refractivity contribution in [1.29, 1.82) is 0 Å². The van der Waals surface area contributed by atoms with Crippen LogP contribution in [0.5, 0.6) is 0 Å². The minimum atomic E-state index is -0.410. The highest BCUT2D eigenvalue weighted by molar-refractivity contribution is 9.10. The fourth-order valence-corrected chi connectivity index (χ4v) is 2.03. The molecule has 1 aromatic carbocycles. The fourth-order valence-electron chi connectivity index (χ4n) is 1.66. The quantitative estimate of drug-likeness (QED) is 0.795. The van der Waals surface area contributed by atoms with E-state index < -0.39 is 5.97 Å². The Balaban J connectivity index is 2.37. The molecule has 2 rings (SSSR count). The normalized spacial score (nSPS) is 10.5. The number of esters is 1. The van der Waals surface area contributed by atoms with Crippen LogP contribution >= 0.6 is 15.9 Å². The molecule has 0 atom stereocenters. The van der Waals surface area contributed by atoms with Crippen molar-refractivity contribution >= 4 is 21.9 Å². The Bertz CT molecular complexity index is 675. The van der Waals surface area contributed by atoms with Crippen LogP contribution in [0.15, 0.2) is 33.8 Å². The summed E-state index contributed by atoms with van der Waals surface area (Å²) >= 11 is 3.40. The lowest BCUT2D eigenvalue weighted by Gasteiger charge is -2.07. The number of carbonyl (C=O) groups excluding carboxylic acids is 1. The minimum Gasteiger partial charge on any atom is -0.465 e. The van der Waals surface area contributed by atoms with E-state index in [1.165, 1.54) is 22.7 Å². The van der Waals surface area contributed by atoms with E-state index in [-0.39, 0.29) is 5.69 Å². The van der Waals surface area contributed by atoms with E-state index in [0.717, 1.165) is 10.0 Å². The molecular weight excluding hydrogens is 314 g/mol. The van der Waals surface area contributed by atoms with E-state index in [1.54, 1.807) is 25.2 Å². The third-order valence-electron chi connectivity index (χ3n) is 2.69. The summed E-state index contributed by atoms with van der Waals surface area (Å²) < 4.78 is 8.19. The van der Waals surface area contributed by atoms with Crippen LogP contribution < -0.4 is 5.69 Å². The van der Waals surface area contributed by atoms with Crippen LogP contribution in [0.1, 0.15) is 15.9 Å². The largest absolute Gasteiger partial charge is 0.465 e. The van der Waals surface area contributed by atoms with Crippen LogP contribution in [-0.4, -0.2) is 27.4 Å². The first-order valence-corrected chi connectivity index (χ1v) is 6.27. The van der Waals surface area contributed by atoms with Gasteiger partial charge in [0.1, 0.15) is 6.33 Å². The number of aromatic nitrogens is 3. The zero-order valence-electron chi connectivity index (χ0n) is 10.5. The van der Waals surface area contributed by atoms with Gasteiger partial charge in [-0.3, -0.25) is 4.57 Å². The molecule has 1 aromatic heterocycles. The Labute approximate surface area is 117 Å². The second kappa shape index (κ2) is 5.40. The first-order valence-electron chi connectivity index (χ1n) is 5.48. The van der Waals surface area contributed by atoms with Crippen LogP contribution in [0.3, 0.4) is 0 Å². The average Bonchev–Trinajstić information content (AvgIpc) is 2.72. The highest BCUT2D eigenvalue weighted by atomic mass is 79.9. The average molecular weight is 326 g/mol. The van der Waals surface area contributed by atoms with Gasteiger partial charge in [0.2, 0.25) is 0 Å². The Hall–Kier alpha value is -1.89. The number of rotatable bonds is 3. The fraction of sp³-hybridized carbons (Fsp3) is 0.250. The van der Waals surface area contributed by atoms with Crippen molar-refractivity contribution in [2.45, 2.75) is 6.54 Å². The molecule has 2 aromatic rings. The Morgan fingerprint density at radius 2 is 2.21 bits per heavy atom. The monoisotopic (exact) mass is 325 g/mol. The molecule has 7 heteroatoms. The first-order chi connectivity index (χ1) is 9.02. The van der Waals surface area contributed by atoms with Crippen molar-refractivity contribution in [3.05, 3.63) is 50.6 Å². The van der Waals surface area contributed by atoms with Crippen molar-refractivity contribution < 1.29 is 9.53 Å². The van der Waals surface area contributed by atoms with Gasteiger partial charge in [-0.05, 0) is 23.8 Å². The maximum absolute atomic E-state index is 11.7. The molecule has 0 spiro atoms. The number of halogens is 1. The van der Waals surface area contributed by atoms with E-state index in [0.29, 0.717) is 12.1 Å². The summed E-state index contributed by atoms with van der Waals surface area (Å²) in [5, 5.41) is 3.88. The molecule has 0 amide bonds. The molecule has 0 aliphatic carbocycles. The van der Waals surface area contributed by atoms with Gasteiger partial charge in [-0.1, -0.05) is 15.9 Å². The van der Waals surface area contributed by atoms with Gasteiger partial charge in [-0.2, -0.15) is 5.10 Å². The van der Waals surface area contributed by atoms with E-state index in [9.17, 15) is 9.59 Å². The number of hydrogen-bond acceptors (Lipinski definition) is 4. The molecule has 0 fully saturated rings. The molecule has 0 saturated carbocycles. The first kappa shape index (κ1) is 13.5. The molecule has 1 heterocycles. The molecule has 0 aliphatic heterocycles. The summed E-state index contributed by atoms with van der Waals surface area (Å²) in [5.74, 6) is -0.410. The predicted molar refractivity (Wildman–Crippen MR) is 72.1 cm³/mol. The lowest BCUT2D eigenvalue weighted by Crippen LogP contribution is -2.23. The molecule has 19 heavy (non-hydrogen) atoms. The summed E-state index contributed by atoms with van der Waals surface area (Å²) in [7, 11) is 2.91. The Morgan fingerprint density at radius 1 is 1.47 bits per heavy atom. The van der Waals surface area contributed by atoms with Gasteiger partial charge in [0.05, 0.1) is 19.2 Å². The van der Waals surface area contributed by atoms with Crippen LogP contribution in [0.25, 0.3) is 0 Å². The second-order valence-corrected chi connectivity index (χ2v) is 4.82. The summed E-state index contributed by atoms with van der Waals surface area (Å²) in [4.78, 5) is 23.2. The number of carbonyl (C=O) groups is 1. The molecule has 6 nitrogen and oxygen atoms in total. The smallest absolute Gasteiger partial charge is 0.345 e. The topological polar surface area (TPSA) is 66.1 Å². The van der Waals surface area contributed by atoms with E-state index in [4.69, 9.17) is 0 Å².